The van der Waals surface area contributed by atoms with Crippen molar-refractivity contribution in [3.8, 4) is 11.1 Å². The molecule has 6 aromatic carbocycles. The molecule has 0 fully saturated rings. The number of rotatable bonds is 6. The van der Waals surface area contributed by atoms with Gasteiger partial charge < -0.3 is 14.5 Å². The number of para-hydroxylation sites is 1. The highest BCUT2D eigenvalue weighted by Gasteiger charge is 2.52. The number of fused-ring (bicyclic) bond motifs is 13. The summed E-state index contributed by atoms with van der Waals surface area (Å²) in [7, 11) is 0. The number of dihydropyridines is 1. The predicted octanol–water partition coefficient (Wildman–Crippen LogP) is 14.0. The summed E-state index contributed by atoms with van der Waals surface area (Å²) in [4.78, 5) is 0. The van der Waals surface area contributed by atoms with Crippen LogP contribution in [0.5, 0.6) is 0 Å². The van der Waals surface area contributed by atoms with E-state index >= 15 is 0 Å². The minimum atomic E-state index is -0.589. The Hall–Kier alpha value is -7.36. The quantitative estimate of drug-likeness (QED) is 0.168. The van der Waals surface area contributed by atoms with E-state index in [2.05, 4.69) is 217 Å². The lowest BCUT2D eigenvalue weighted by atomic mass is 9.64. The zero-order chi connectivity index (χ0) is 39.8. The van der Waals surface area contributed by atoms with Gasteiger partial charge >= 0.3 is 0 Å². The molecule has 2 aliphatic heterocycles. The molecule has 1 N–H and O–H groups in total. The molecule has 0 saturated heterocycles. The number of hydrogen-bond donors (Lipinski definition) is 1. The Bertz CT molecular complexity index is 3250. The van der Waals surface area contributed by atoms with E-state index in [9.17, 15) is 0 Å². The van der Waals surface area contributed by atoms with Crippen molar-refractivity contribution >= 4 is 60.7 Å². The molecule has 1 aliphatic carbocycles. The maximum Gasteiger partial charge on any atom is 0.0754 e. The van der Waals surface area contributed by atoms with Gasteiger partial charge in [0.1, 0.15) is 0 Å². The van der Waals surface area contributed by atoms with Crippen LogP contribution >= 0.6 is 0 Å². The molecule has 3 heteroatoms. The fourth-order valence-corrected chi connectivity index (χ4v) is 10.6. The molecule has 0 amide bonds. The third kappa shape index (κ3) is 4.70. The highest BCUT2D eigenvalue weighted by Crippen LogP contribution is 2.63. The van der Waals surface area contributed by atoms with Crippen LogP contribution in [0.1, 0.15) is 47.7 Å². The van der Waals surface area contributed by atoms with Crippen LogP contribution in [-0.4, -0.2) is 9.13 Å². The first-order valence-electron chi connectivity index (χ1n) is 20.5. The Morgan fingerprint density at radius 1 is 0.695 bits per heavy atom. The van der Waals surface area contributed by atoms with Crippen molar-refractivity contribution < 1.29 is 0 Å². The summed E-state index contributed by atoms with van der Waals surface area (Å²) in [6, 6.07) is 47.2. The first-order valence-corrected chi connectivity index (χ1v) is 20.5. The van der Waals surface area contributed by atoms with Crippen LogP contribution in [0.15, 0.2) is 207 Å². The van der Waals surface area contributed by atoms with Gasteiger partial charge in [0.15, 0.2) is 0 Å². The molecule has 2 aromatic heterocycles. The molecule has 3 aliphatic rings. The summed E-state index contributed by atoms with van der Waals surface area (Å²) in [6.07, 6.45) is 21.5. The van der Waals surface area contributed by atoms with Gasteiger partial charge in [-0.25, -0.2) is 0 Å². The topological polar surface area (TPSA) is 21.9 Å². The average molecular weight is 758 g/mol. The van der Waals surface area contributed by atoms with Gasteiger partial charge in [-0.05, 0) is 94.8 Å². The number of benzene rings is 6. The maximum atomic E-state index is 4.31. The van der Waals surface area contributed by atoms with Crippen LogP contribution in [0.25, 0.3) is 71.8 Å². The summed E-state index contributed by atoms with van der Waals surface area (Å²) in [5, 5.41) is 8.74. The van der Waals surface area contributed by atoms with Crippen molar-refractivity contribution in [1.29, 1.82) is 0 Å². The van der Waals surface area contributed by atoms with E-state index in [-0.39, 0.29) is 6.04 Å². The number of nitrogens with one attached hydrogen (secondary N) is 1. The molecule has 4 heterocycles. The SMILES string of the molecule is C=C/C=C1\C(=C/C)n2c3ccccc3c3c2c(cc2c4ccc(C5C=CC=C(c6ccccc6)N5)cc4n(C(/C=C\C)=C/C=C)c23)C12c1ccccc1-c1ccccc12. The van der Waals surface area contributed by atoms with Crippen molar-refractivity contribution in [3.05, 3.63) is 235 Å². The summed E-state index contributed by atoms with van der Waals surface area (Å²) in [5.41, 5.74) is 17.6. The summed E-state index contributed by atoms with van der Waals surface area (Å²) in [5.74, 6) is 0. The lowest BCUT2D eigenvalue weighted by Crippen LogP contribution is -2.35. The van der Waals surface area contributed by atoms with Crippen LogP contribution in [0, 0.1) is 0 Å². The normalized spacial score (nSPS) is 18.0. The van der Waals surface area contributed by atoms with E-state index in [0.29, 0.717) is 0 Å². The van der Waals surface area contributed by atoms with Crippen molar-refractivity contribution in [2.24, 2.45) is 0 Å². The Kier molecular flexibility index (Phi) is 7.89. The standard InChI is InChI=1S/C56H43N3/c1-5-19-38(20-6-2)58-52-34-37(49-30-18-29-48(57-49)36-22-10-9-11-23-36)32-33-41(52)43-35-47-55-53(54(43)58)42-26-14-17-31-51(42)59(55)50(8-4)46(21-7-3)56(47)44-27-15-12-24-39(44)40-25-13-16-28-45(40)56/h5-35,49,57H,1,3H2,2,4H3/b20-6-,38-19+,46-21+,50-8+. The molecule has 3 nitrogen and oxygen atoms in total. The smallest absolute Gasteiger partial charge is 0.0754 e. The second-order valence-corrected chi connectivity index (χ2v) is 15.6. The number of aromatic nitrogens is 2. The van der Waals surface area contributed by atoms with Gasteiger partial charge in [0.2, 0.25) is 0 Å². The lowest BCUT2D eigenvalue weighted by Gasteiger charge is -2.41. The number of hydrogen-bond acceptors (Lipinski definition) is 1. The molecular weight excluding hydrogens is 715 g/mol. The van der Waals surface area contributed by atoms with E-state index in [1.54, 1.807) is 0 Å². The van der Waals surface area contributed by atoms with Gasteiger partial charge in [-0.2, -0.15) is 0 Å². The zero-order valence-corrected chi connectivity index (χ0v) is 33.3. The van der Waals surface area contributed by atoms with Crippen molar-refractivity contribution in [3.63, 3.8) is 0 Å². The fourth-order valence-electron chi connectivity index (χ4n) is 10.6. The summed E-state index contributed by atoms with van der Waals surface area (Å²) in [6.45, 7) is 12.8. The molecule has 59 heavy (non-hydrogen) atoms. The van der Waals surface area contributed by atoms with E-state index in [0.717, 1.165) is 16.9 Å². The Morgan fingerprint density at radius 2 is 1.42 bits per heavy atom. The van der Waals surface area contributed by atoms with Gasteiger partial charge in [-0.15, -0.1) is 0 Å². The van der Waals surface area contributed by atoms with Crippen molar-refractivity contribution in [2.75, 3.05) is 0 Å². The zero-order valence-electron chi connectivity index (χ0n) is 33.3. The highest BCUT2D eigenvalue weighted by molar-refractivity contribution is 6.29. The molecule has 11 rings (SSSR count). The monoisotopic (exact) mass is 757 g/mol. The van der Waals surface area contributed by atoms with Gasteiger partial charge in [0.05, 0.1) is 33.5 Å². The van der Waals surface area contributed by atoms with Crippen LogP contribution in [0.3, 0.4) is 0 Å². The molecule has 1 atom stereocenters. The predicted molar refractivity (Wildman–Crippen MR) is 251 cm³/mol. The Labute approximate surface area is 344 Å². The summed E-state index contributed by atoms with van der Waals surface area (Å²) >= 11 is 0. The number of allylic oxidation sites excluding steroid dienone is 12. The van der Waals surface area contributed by atoms with Crippen LogP contribution in [0.2, 0.25) is 0 Å². The van der Waals surface area contributed by atoms with Crippen LogP contribution in [0.4, 0.5) is 0 Å². The average Bonchev–Trinajstić information content (AvgIpc) is 3.90. The lowest BCUT2D eigenvalue weighted by molar-refractivity contribution is 0.752. The minimum absolute atomic E-state index is 0.00203. The third-order valence-corrected chi connectivity index (χ3v) is 12.7. The van der Waals surface area contributed by atoms with Gasteiger partial charge in [-0.3, -0.25) is 0 Å². The largest absolute Gasteiger partial charge is 0.374 e. The Balaban J connectivity index is 1.32. The molecule has 0 saturated carbocycles. The van der Waals surface area contributed by atoms with Crippen LogP contribution in [-0.2, 0) is 5.41 Å². The fraction of sp³-hybridized carbons (Fsp3) is 0.0714. The highest BCUT2D eigenvalue weighted by atomic mass is 15.0. The van der Waals surface area contributed by atoms with Gasteiger partial charge in [0, 0.05) is 38.6 Å². The van der Waals surface area contributed by atoms with Gasteiger partial charge in [-0.1, -0.05) is 165 Å². The van der Waals surface area contributed by atoms with E-state index < -0.39 is 5.41 Å². The maximum absolute atomic E-state index is 4.31. The van der Waals surface area contributed by atoms with Crippen molar-refractivity contribution in [1.82, 2.24) is 14.5 Å². The van der Waals surface area contributed by atoms with E-state index in [4.69, 9.17) is 0 Å². The van der Waals surface area contributed by atoms with Gasteiger partial charge in [0.25, 0.3) is 0 Å². The van der Waals surface area contributed by atoms with E-state index in [1.807, 2.05) is 12.2 Å². The minimum Gasteiger partial charge on any atom is -0.374 e. The van der Waals surface area contributed by atoms with E-state index in [1.165, 1.54) is 88.3 Å². The molecule has 1 spiro atoms. The first kappa shape index (κ1) is 34.9. The molecule has 0 radical (unpaired) electrons. The number of nitrogens with zero attached hydrogens (tertiary/aromatic N) is 2. The molecule has 282 valence electrons. The van der Waals surface area contributed by atoms with Crippen LogP contribution < -0.4 is 5.32 Å². The molecule has 8 aromatic rings. The molecule has 0 bridgehead atoms. The second kappa shape index (κ2) is 13.4. The first-order chi connectivity index (χ1) is 29.1. The third-order valence-electron chi connectivity index (χ3n) is 12.7. The Morgan fingerprint density at radius 3 is 2.15 bits per heavy atom. The van der Waals surface area contributed by atoms with Crippen molar-refractivity contribution in [2.45, 2.75) is 25.3 Å². The summed E-state index contributed by atoms with van der Waals surface area (Å²) < 4.78 is 5.01. The molecule has 1 unspecified atom stereocenters. The molecular formula is C56H43N3. The second-order valence-electron chi connectivity index (χ2n) is 15.6.